The van der Waals surface area contributed by atoms with Gasteiger partial charge in [-0.3, -0.25) is 4.98 Å². The summed E-state index contributed by atoms with van der Waals surface area (Å²) in [6, 6.07) is 3.80. The third-order valence-corrected chi connectivity index (χ3v) is 2.19. The van der Waals surface area contributed by atoms with Crippen LogP contribution in [0.1, 0.15) is 19.0 Å². The Morgan fingerprint density at radius 2 is 2.38 bits per heavy atom. The molecular weight excluding hydrogens is 200 g/mol. The summed E-state index contributed by atoms with van der Waals surface area (Å²) in [6.45, 7) is 10.4. The number of nitrogens with zero attached hydrogens (tertiary/aromatic N) is 1. The number of rotatable bonds is 7. The van der Waals surface area contributed by atoms with E-state index in [0.717, 1.165) is 36.5 Å². The first kappa shape index (κ1) is 12.7. The van der Waals surface area contributed by atoms with E-state index in [1.807, 2.05) is 19.1 Å². The predicted molar refractivity (Wildman–Crippen MR) is 66.8 cm³/mol. The molecule has 0 saturated carbocycles. The third kappa shape index (κ3) is 4.45. The lowest BCUT2D eigenvalue weighted by atomic mass is 10.3. The minimum absolute atomic E-state index is 0.545. The lowest BCUT2D eigenvalue weighted by Gasteiger charge is -2.10. The number of aryl methyl sites for hydroxylation is 1. The summed E-state index contributed by atoms with van der Waals surface area (Å²) in [4.78, 5) is 4.16. The van der Waals surface area contributed by atoms with Crippen LogP contribution in [0.25, 0.3) is 0 Å². The van der Waals surface area contributed by atoms with Crippen molar-refractivity contribution in [3.05, 3.63) is 36.2 Å². The summed E-state index contributed by atoms with van der Waals surface area (Å²) in [6.07, 6.45) is 2.90. The second-order valence-electron chi connectivity index (χ2n) is 3.80. The van der Waals surface area contributed by atoms with E-state index >= 15 is 0 Å². The van der Waals surface area contributed by atoms with Crippen molar-refractivity contribution in [3.8, 4) is 5.75 Å². The van der Waals surface area contributed by atoms with Gasteiger partial charge in [0.1, 0.15) is 12.4 Å². The van der Waals surface area contributed by atoms with Crippen LogP contribution in [-0.2, 0) is 0 Å². The fourth-order valence-corrected chi connectivity index (χ4v) is 1.29. The fourth-order valence-electron chi connectivity index (χ4n) is 1.29. The van der Waals surface area contributed by atoms with Crippen molar-refractivity contribution < 1.29 is 4.74 Å². The van der Waals surface area contributed by atoms with E-state index in [1.54, 1.807) is 6.20 Å². The molecule has 0 atom stereocenters. The van der Waals surface area contributed by atoms with E-state index in [0.29, 0.717) is 6.61 Å². The van der Waals surface area contributed by atoms with E-state index in [2.05, 4.69) is 23.8 Å². The summed E-state index contributed by atoms with van der Waals surface area (Å²) in [5.74, 6) is 0.833. The molecule has 0 amide bonds. The molecule has 1 rings (SSSR count). The normalized spacial score (nSPS) is 10.1. The maximum absolute atomic E-state index is 5.63. The molecule has 0 saturated heterocycles. The molecule has 0 aliphatic rings. The Hall–Kier alpha value is -1.35. The second-order valence-corrected chi connectivity index (χ2v) is 3.80. The van der Waals surface area contributed by atoms with E-state index in [4.69, 9.17) is 4.74 Å². The maximum atomic E-state index is 5.63. The van der Waals surface area contributed by atoms with Crippen molar-refractivity contribution >= 4 is 0 Å². The molecule has 0 radical (unpaired) electrons. The third-order valence-electron chi connectivity index (χ3n) is 2.19. The number of nitrogens with one attached hydrogen (secondary N) is 1. The highest BCUT2D eigenvalue weighted by Gasteiger charge is 2.00. The molecule has 1 heterocycles. The molecule has 3 heteroatoms. The Kier molecular flexibility index (Phi) is 5.57. The summed E-state index contributed by atoms with van der Waals surface area (Å²) in [7, 11) is 0. The SMILES string of the molecule is C=C(CNCCC)COc1cccnc1C. The van der Waals surface area contributed by atoms with Crippen LogP contribution in [0, 0.1) is 6.92 Å². The zero-order valence-electron chi connectivity index (χ0n) is 10.1. The molecule has 16 heavy (non-hydrogen) atoms. The first-order valence-corrected chi connectivity index (χ1v) is 5.65. The van der Waals surface area contributed by atoms with Crippen molar-refractivity contribution in [2.75, 3.05) is 19.7 Å². The van der Waals surface area contributed by atoms with Crippen LogP contribution in [0.4, 0.5) is 0 Å². The van der Waals surface area contributed by atoms with Gasteiger partial charge >= 0.3 is 0 Å². The molecule has 1 N–H and O–H groups in total. The number of pyridine rings is 1. The molecule has 0 unspecified atom stereocenters. The van der Waals surface area contributed by atoms with Gasteiger partial charge in [-0.15, -0.1) is 0 Å². The van der Waals surface area contributed by atoms with Crippen molar-refractivity contribution in [1.82, 2.24) is 10.3 Å². The highest BCUT2D eigenvalue weighted by Crippen LogP contribution is 2.13. The highest BCUT2D eigenvalue weighted by molar-refractivity contribution is 5.25. The molecule has 0 aliphatic heterocycles. The minimum atomic E-state index is 0.545. The van der Waals surface area contributed by atoms with Crippen LogP contribution in [-0.4, -0.2) is 24.7 Å². The molecule has 0 spiro atoms. The van der Waals surface area contributed by atoms with Gasteiger partial charge in [0.2, 0.25) is 0 Å². The smallest absolute Gasteiger partial charge is 0.140 e. The number of aromatic nitrogens is 1. The number of hydrogen-bond acceptors (Lipinski definition) is 3. The van der Waals surface area contributed by atoms with Gasteiger partial charge in [-0.25, -0.2) is 0 Å². The monoisotopic (exact) mass is 220 g/mol. The lowest BCUT2D eigenvalue weighted by molar-refractivity contribution is 0.344. The van der Waals surface area contributed by atoms with Crippen LogP contribution >= 0.6 is 0 Å². The van der Waals surface area contributed by atoms with Gasteiger partial charge in [0.25, 0.3) is 0 Å². The van der Waals surface area contributed by atoms with Crippen LogP contribution in [0.2, 0.25) is 0 Å². The fraction of sp³-hybridized carbons (Fsp3) is 0.462. The van der Waals surface area contributed by atoms with Gasteiger partial charge in [0.05, 0.1) is 5.69 Å². The summed E-state index contributed by atoms with van der Waals surface area (Å²) in [5.41, 5.74) is 1.97. The number of hydrogen-bond donors (Lipinski definition) is 1. The topological polar surface area (TPSA) is 34.1 Å². The van der Waals surface area contributed by atoms with Gasteiger partial charge in [-0.1, -0.05) is 13.5 Å². The molecule has 1 aromatic heterocycles. The van der Waals surface area contributed by atoms with Gasteiger partial charge in [0.15, 0.2) is 0 Å². The molecule has 1 aromatic rings. The summed E-state index contributed by atoms with van der Waals surface area (Å²) >= 11 is 0. The first-order chi connectivity index (χ1) is 7.74. The molecule has 0 fully saturated rings. The molecule has 3 nitrogen and oxygen atoms in total. The Morgan fingerprint density at radius 3 is 3.06 bits per heavy atom. The van der Waals surface area contributed by atoms with Crippen LogP contribution in [0.3, 0.4) is 0 Å². The minimum Gasteiger partial charge on any atom is -0.487 e. The Morgan fingerprint density at radius 1 is 1.56 bits per heavy atom. The van der Waals surface area contributed by atoms with Crippen molar-refractivity contribution in [2.24, 2.45) is 0 Å². The number of ether oxygens (including phenoxy) is 1. The largest absolute Gasteiger partial charge is 0.487 e. The Bertz CT molecular complexity index is 336. The summed E-state index contributed by atoms with van der Waals surface area (Å²) < 4.78 is 5.63. The van der Waals surface area contributed by atoms with Crippen molar-refractivity contribution in [1.29, 1.82) is 0 Å². The van der Waals surface area contributed by atoms with Crippen LogP contribution in [0.5, 0.6) is 5.75 Å². The molecule has 88 valence electrons. The average molecular weight is 220 g/mol. The molecule has 0 aliphatic carbocycles. The molecule has 0 bridgehead atoms. The van der Waals surface area contributed by atoms with Gasteiger partial charge < -0.3 is 10.1 Å². The highest BCUT2D eigenvalue weighted by atomic mass is 16.5. The van der Waals surface area contributed by atoms with E-state index in [1.165, 1.54) is 0 Å². The van der Waals surface area contributed by atoms with Crippen molar-refractivity contribution in [3.63, 3.8) is 0 Å². The quantitative estimate of drug-likeness (QED) is 0.565. The summed E-state index contributed by atoms with van der Waals surface area (Å²) in [5, 5.41) is 3.29. The van der Waals surface area contributed by atoms with Gasteiger partial charge in [0, 0.05) is 12.7 Å². The maximum Gasteiger partial charge on any atom is 0.140 e. The zero-order valence-corrected chi connectivity index (χ0v) is 10.1. The molecular formula is C13H20N2O. The van der Waals surface area contributed by atoms with Gasteiger partial charge in [-0.05, 0) is 37.6 Å². The lowest BCUT2D eigenvalue weighted by Crippen LogP contribution is -2.20. The van der Waals surface area contributed by atoms with E-state index < -0.39 is 0 Å². The predicted octanol–water partition coefficient (Wildman–Crippen LogP) is 2.32. The Labute approximate surface area is 97.5 Å². The standard InChI is InChI=1S/C13H20N2O/c1-4-7-14-9-11(2)10-16-13-6-5-8-15-12(13)3/h5-6,8,14H,2,4,7,9-10H2,1,3H3. The average Bonchev–Trinajstić information content (AvgIpc) is 2.28. The first-order valence-electron chi connectivity index (χ1n) is 5.65. The van der Waals surface area contributed by atoms with Crippen LogP contribution < -0.4 is 10.1 Å². The van der Waals surface area contributed by atoms with Crippen molar-refractivity contribution in [2.45, 2.75) is 20.3 Å². The van der Waals surface area contributed by atoms with E-state index in [9.17, 15) is 0 Å². The zero-order chi connectivity index (χ0) is 11.8. The second kappa shape index (κ2) is 7.01. The molecule has 0 aromatic carbocycles. The van der Waals surface area contributed by atoms with Gasteiger partial charge in [-0.2, -0.15) is 0 Å². The van der Waals surface area contributed by atoms with E-state index in [-0.39, 0.29) is 0 Å². The Balaban J connectivity index is 2.29. The van der Waals surface area contributed by atoms with Crippen LogP contribution in [0.15, 0.2) is 30.5 Å².